The highest BCUT2D eigenvalue weighted by Gasteiger charge is 2.18. The molecule has 0 unspecified atom stereocenters. The normalized spacial score (nSPS) is 12.3. The van der Waals surface area contributed by atoms with Crippen molar-refractivity contribution in [2.24, 2.45) is 0 Å². The standard InChI is InChI=1S/C14H8Cl2INO3/c15-7-1-2-8(10(17)3-7)14(19)18-11-5-13-12(4-9(11)16)20-6-21-13/h1-5H,6H2,(H,18,19). The van der Waals surface area contributed by atoms with Gasteiger partial charge >= 0.3 is 0 Å². The van der Waals surface area contributed by atoms with Gasteiger partial charge in [0.1, 0.15) is 0 Å². The zero-order valence-electron chi connectivity index (χ0n) is 10.5. The van der Waals surface area contributed by atoms with Gasteiger partial charge in [0.25, 0.3) is 5.91 Å². The number of nitrogens with one attached hydrogen (secondary N) is 1. The number of hydrogen-bond acceptors (Lipinski definition) is 3. The van der Waals surface area contributed by atoms with E-state index in [-0.39, 0.29) is 12.7 Å². The molecule has 1 heterocycles. The van der Waals surface area contributed by atoms with E-state index in [4.69, 9.17) is 32.7 Å². The third-order valence-corrected chi connectivity index (χ3v) is 4.33. The highest BCUT2D eigenvalue weighted by atomic mass is 127. The van der Waals surface area contributed by atoms with Crippen molar-refractivity contribution in [1.82, 2.24) is 0 Å². The number of carbonyl (C=O) groups is 1. The molecular weight excluding hydrogens is 428 g/mol. The van der Waals surface area contributed by atoms with Crippen LogP contribution in [0.3, 0.4) is 0 Å². The van der Waals surface area contributed by atoms with Crippen LogP contribution in [-0.4, -0.2) is 12.7 Å². The largest absolute Gasteiger partial charge is 0.454 e. The molecule has 2 aromatic rings. The predicted octanol–water partition coefficient (Wildman–Crippen LogP) is 4.58. The number of fused-ring (bicyclic) bond motifs is 1. The van der Waals surface area contributed by atoms with E-state index in [9.17, 15) is 4.79 Å². The first-order valence-electron chi connectivity index (χ1n) is 5.90. The van der Waals surface area contributed by atoms with E-state index in [2.05, 4.69) is 27.9 Å². The fourth-order valence-corrected chi connectivity index (χ4v) is 3.19. The van der Waals surface area contributed by atoms with E-state index in [1.54, 1.807) is 30.3 Å². The van der Waals surface area contributed by atoms with Gasteiger partial charge in [-0.25, -0.2) is 0 Å². The summed E-state index contributed by atoms with van der Waals surface area (Å²) < 4.78 is 11.2. The second kappa shape index (κ2) is 5.90. The maximum absolute atomic E-state index is 12.3. The number of rotatable bonds is 2. The molecule has 0 saturated heterocycles. The van der Waals surface area contributed by atoms with Crippen LogP contribution in [0.1, 0.15) is 10.4 Å². The van der Waals surface area contributed by atoms with Crippen molar-refractivity contribution in [1.29, 1.82) is 0 Å². The van der Waals surface area contributed by atoms with Gasteiger partial charge in [0, 0.05) is 20.7 Å². The molecule has 0 fully saturated rings. The molecule has 1 aliphatic heterocycles. The van der Waals surface area contributed by atoms with Crippen molar-refractivity contribution in [2.45, 2.75) is 0 Å². The molecule has 3 rings (SSSR count). The van der Waals surface area contributed by atoms with Gasteiger partial charge in [-0.2, -0.15) is 0 Å². The Hall–Kier alpha value is -1.18. The lowest BCUT2D eigenvalue weighted by Gasteiger charge is -2.09. The SMILES string of the molecule is O=C(Nc1cc2c(cc1Cl)OCO2)c1ccc(Cl)cc1I. The minimum atomic E-state index is -0.267. The Kier molecular flexibility index (Phi) is 4.14. The molecule has 0 atom stereocenters. The Labute approximate surface area is 144 Å². The topological polar surface area (TPSA) is 47.6 Å². The molecule has 0 aromatic heterocycles. The fraction of sp³-hybridized carbons (Fsp3) is 0.0714. The maximum Gasteiger partial charge on any atom is 0.256 e. The van der Waals surface area contributed by atoms with E-state index >= 15 is 0 Å². The van der Waals surface area contributed by atoms with Crippen molar-refractivity contribution in [2.75, 3.05) is 12.1 Å². The summed E-state index contributed by atoms with van der Waals surface area (Å²) in [5.41, 5.74) is 0.991. The van der Waals surface area contributed by atoms with Crippen molar-refractivity contribution in [3.8, 4) is 11.5 Å². The first-order chi connectivity index (χ1) is 10.0. The first-order valence-corrected chi connectivity index (χ1v) is 7.73. The fourth-order valence-electron chi connectivity index (χ4n) is 1.88. The van der Waals surface area contributed by atoms with Crippen LogP contribution in [0.15, 0.2) is 30.3 Å². The minimum Gasteiger partial charge on any atom is -0.454 e. The second-order valence-corrected chi connectivity index (χ2v) is 6.27. The lowest BCUT2D eigenvalue weighted by molar-refractivity contribution is 0.102. The summed E-state index contributed by atoms with van der Waals surface area (Å²) in [4.78, 5) is 12.3. The number of halogens is 3. The van der Waals surface area contributed by atoms with Gasteiger partial charge in [-0.1, -0.05) is 23.2 Å². The molecule has 0 aliphatic carbocycles. The number of carbonyl (C=O) groups excluding carboxylic acids is 1. The molecule has 4 nitrogen and oxygen atoms in total. The first kappa shape index (κ1) is 14.7. The summed E-state index contributed by atoms with van der Waals surface area (Å²) in [5, 5.41) is 3.73. The Morgan fingerprint density at radius 1 is 1.14 bits per heavy atom. The molecule has 0 bridgehead atoms. The van der Waals surface area contributed by atoms with Crippen LogP contribution >= 0.6 is 45.8 Å². The zero-order chi connectivity index (χ0) is 15.0. The number of hydrogen-bond donors (Lipinski definition) is 1. The predicted molar refractivity (Wildman–Crippen MR) is 89.7 cm³/mol. The molecule has 1 amide bonds. The third kappa shape index (κ3) is 3.04. The Bertz CT molecular complexity index is 736. The Morgan fingerprint density at radius 3 is 2.57 bits per heavy atom. The van der Waals surface area contributed by atoms with Crippen LogP contribution in [0.2, 0.25) is 10.0 Å². The van der Waals surface area contributed by atoms with Gasteiger partial charge in [-0.3, -0.25) is 4.79 Å². The molecule has 1 N–H and O–H groups in total. The van der Waals surface area contributed by atoms with Gasteiger partial charge in [0.15, 0.2) is 11.5 Å². The second-order valence-electron chi connectivity index (χ2n) is 4.26. The summed E-state index contributed by atoms with van der Waals surface area (Å²) in [6.45, 7) is 0.151. The van der Waals surface area contributed by atoms with Crippen LogP contribution in [0, 0.1) is 3.57 Å². The van der Waals surface area contributed by atoms with Crippen LogP contribution < -0.4 is 14.8 Å². The van der Waals surface area contributed by atoms with E-state index in [0.717, 1.165) is 3.57 Å². The van der Waals surface area contributed by atoms with Gasteiger partial charge in [-0.15, -0.1) is 0 Å². The maximum atomic E-state index is 12.3. The average molecular weight is 436 g/mol. The molecular formula is C14H8Cl2INO3. The van der Waals surface area contributed by atoms with Gasteiger partial charge < -0.3 is 14.8 Å². The Balaban J connectivity index is 1.88. The van der Waals surface area contributed by atoms with Gasteiger partial charge in [-0.05, 0) is 40.8 Å². The summed E-state index contributed by atoms with van der Waals surface area (Å²) in [6, 6.07) is 8.32. The lowest BCUT2D eigenvalue weighted by Crippen LogP contribution is -2.13. The molecule has 0 saturated carbocycles. The monoisotopic (exact) mass is 435 g/mol. The summed E-state index contributed by atoms with van der Waals surface area (Å²) in [5.74, 6) is 0.858. The summed E-state index contributed by atoms with van der Waals surface area (Å²) >= 11 is 14.1. The van der Waals surface area contributed by atoms with E-state index < -0.39 is 0 Å². The third-order valence-electron chi connectivity index (χ3n) is 2.89. The number of ether oxygens (including phenoxy) is 2. The van der Waals surface area contributed by atoms with E-state index in [0.29, 0.717) is 32.8 Å². The van der Waals surface area contributed by atoms with Crippen LogP contribution in [0.4, 0.5) is 5.69 Å². The van der Waals surface area contributed by atoms with Gasteiger partial charge in [0.2, 0.25) is 6.79 Å². The van der Waals surface area contributed by atoms with Crippen molar-refractivity contribution < 1.29 is 14.3 Å². The minimum absolute atomic E-state index is 0.151. The molecule has 7 heteroatoms. The molecule has 108 valence electrons. The highest BCUT2D eigenvalue weighted by Crippen LogP contribution is 2.39. The summed E-state index contributed by atoms with van der Waals surface area (Å²) in [6.07, 6.45) is 0. The quantitative estimate of drug-likeness (QED) is 0.702. The highest BCUT2D eigenvalue weighted by molar-refractivity contribution is 14.1. The van der Waals surface area contributed by atoms with Crippen LogP contribution in [-0.2, 0) is 0 Å². The molecule has 2 aromatic carbocycles. The number of benzene rings is 2. The van der Waals surface area contributed by atoms with E-state index in [1.165, 1.54) is 0 Å². The number of anilines is 1. The molecule has 21 heavy (non-hydrogen) atoms. The Morgan fingerprint density at radius 2 is 1.86 bits per heavy atom. The molecule has 0 radical (unpaired) electrons. The number of amides is 1. The van der Waals surface area contributed by atoms with Crippen LogP contribution in [0.25, 0.3) is 0 Å². The molecule has 1 aliphatic rings. The molecule has 0 spiro atoms. The van der Waals surface area contributed by atoms with Crippen molar-refractivity contribution in [3.05, 3.63) is 49.5 Å². The van der Waals surface area contributed by atoms with E-state index in [1.807, 2.05) is 0 Å². The lowest BCUT2D eigenvalue weighted by atomic mass is 10.2. The smallest absolute Gasteiger partial charge is 0.256 e. The van der Waals surface area contributed by atoms with Crippen LogP contribution in [0.5, 0.6) is 11.5 Å². The average Bonchev–Trinajstić information content (AvgIpc) is 2.86. The zero-order valence-corrected chi connectivity index (χ0v) is 14.1. The van der Waals surface area contributed by atoms with Crippen molar-refractivity contribution in [3.63, 3.8) is 0 Å². The van der Waals surface area contributed by atoms with Gasteiger partial charge in [0.05, 0.1) is 16.3 Å². The summed E-state index contributed by atoms with van der Waals surface area (Å²) in [7, 11) is 0. The van der Waals surface area contributed by atoms with Crippen molar-refractivity contribution >= 4 is 57.4 Å².